The molecule has 4 rings (SSSR count). The highest BCUT2D eigenvalue weighted by Crippen LogP contribution is 2.41. The van der Waals surface area contributed by atoms with Crippen molar-refractivity contribution >= 4 is 29.1 Å². The first-order valence-electron chi connectivity index (χ1n) is 9.85. The Hall–Kier alpha value is -2.07. The summed E-state index contributed by atoms with van der Waals surface area (Å²) in [6.07, 6.45) is 3.07. The largest absolute Gasteiger partial charge is 0.339 e. The van der Waals surface area contributed by atoms with E-state index in [-0.39, 0.29) is 5.91 Å². The van der Waals surface area contributed by atoms with Crippen molar-refractivity contribution in [3.63, 3.8) is 0 Å². The Morgan fingerprint density at radius 2 is 1.89 bits per heavy atom. The van der Waals surface area contributed by atoms with Gasteiger partial charge < -0.3 is 4.90 Å². The molecule has 0 radical (unpaired) electrons. The fraction of sp³-hybridized carbons (Fsp3) is 0.391. The van der Waals surface area contributed by atoms with Crippen molar-refractivity contribution in [3.05, 3.63) is 53.1 Å². The maximum atomic E-state index is 13.0. The number of carbonyl (C=O) groups excluding carboxylic acids is 1. The molecular formula is C23H26N2OS. The molecular weight excluding hydrogens is 352 g/mol. The zero-order valence-corrected chi connectivity index (χ0v) is 17.1. The number of benzene rings is 2. The van der Waals surface area contributed by atoms with Crippen LogP contribution in [-0.4, -0.2) is 29.6 Å². The van der Waals surface area contributed by atoms with Gasteiger partial charge in [-0.3, -0.25) is 9.79 Å². The van der Waals surface area contributed by atoms with E-state index in [9.17, 15) is 4.79 Å². The molecule has 1 fully saturated rings. The van der Waals surface area contributed by atoms with Gasteiger partial charge >= 0.3 is 0 Å². The summed E-state index contributed by atoms with van der Waals surface area (Å²) in [5.41, 5.74) is 5.23. The number of hydrogen-bond acceptors (Lipinski definition) is 3. The predicted octanol–water partition coefficient (Wildman–Crippen LogP) is 5.86. The lowest BCUT2D eigenvalue weighted by molar-refractivity contribution is 0.0697. The highest BCUT2D eigenvalue weighted by Gasteiger charge is 2.23. The molecule has 1 saturated heterocycles. The van der Waals surface area contributed by atoms with Crippen LogP contribution < -0.4 is 0 Å². The second-order valence-corrected chi connectivity index (χ2v) is 8.75. The second kappa shape index (κ2) is 7.51. The molecule has 0 N–H and O–H groups in total. The van der Waals surface area contributed by atoms with Gasteiger partial charge in [0.2, 0.25) is 0 Å². The summed E-state index contributed by atoms with van der Waals surface area (Å²) >= 11 is 1.75. The van der Waals surface area contributed by atoms with Crippen LogP contribution in [0.15, 0.2) is 51.2 Å². The molecule has 2 heterocycles. The molecule has 0 spiro atoms. The normalized spacial score (nSPS) is 17.0. The third-order valence-electron chi connectivity index (χ3n) is 5.53. The molecule has 0 aliphatic carbocycles. The molecule has 0 saturated carbocycles. The number of rotatable bonds is 2. The van der Waals surface area contributed by atoms with Gasteiger partial charge in [-0.15, -0.1) is 0 Å². The summed E-state index contributed by atoms with van der Waals surface area (Å²) in [5, 5.41) is 0. The van der Waals surface area contributed by atoms with E-state index in [4.69, 9.17) is 4.99 Å². The van der Waals surface area contributed by atoms with Crippen LogP contribution in [0.25, 0.3) is 0 Å². The first kappa shape index (κ1) is 18.3. The van der Waals surface area contributed by atoms with Crippen LogP contribution in [0.5, 0.6) is 0 Å². The topological polar surface area (TPSA) is 32.7 Å². The Kier molecular flexibility index (Phi) is 5.09. The van der Waals surface area contributed by atoms with E-state index in [1.807, 2.05) is 17.0 Å². The Balaban J connectivity index is 1.69. The average molecular weight is 379 g/mol. The fourth-order valence-electron chi connectivity index (χ4n) is 3.77. The lowest BCUT2D eigenvalue weighted by Gasteiger charge is -2.30. The van der Waals surface area contributed by atoms with E-state index in [2.05, 4.69) is 45.0 Å². The molecule has 2 aliphatic heterocycles. The average Bonchev–Trinajstić information content (AvgIpc) is 2.83. The van der Waals surface area contributed by atoms with Crippen LogP contribution in [0.4, 0.5) is 5.69 Å². The third kappa shape index (κ3) is 3.68. The molecule has 0 bridgehead atoms. The van der Waals surface area contributed by atoms with Crippen molar-refractivity contribution in [1.82, 2.24) is 4.90 Å². The van der Waals surface area contributed by atoms with Crippen LogP contribution in [0.1, 0.15) is 54.6 Å². The molecule has 4 heteroatoms. The Morgan fingerprint density at radius 3 is 2.63 bits per heavy atom. The molecule has 0 atom stereocenters. The molecule has 2 aliphatic rings. The molecule has 1 amide bonds. The van der Waals surface area contributed by atoms with Crippen molar-refractivity contribution in [3.8, 4) is 0 Å². The van der Waals surface area contributed by atoms with Gasteiger partial charge in [0.15, 0.2) is 0 Å². The first-order chi connectivity index (χ1) is 13.0. The van der Waals surface area contributed by atoms with Crippen LogP contribution in [-0.2, 0) is 0 Å². The summed E-state index contributed by atoms with van der Waals surface area (Å²) in [6.45, 7) is 8.25. The van der Waals surface area contributed by atoms with Gasteiger partial charge in [0.05, 0.1) is 5.69 Å². The van der Waals surface area contributed by atoms with Crippen molar-refractivity contribution in [2.24, 2.45) is 10.9 Å². The molecule has 140 valence electrons. The maximum Gasteiger partial charge on any atom is 0.253 e. The summed E-state index contributed by atoms with van der Waals surface area (Å²) in [6, 6.07) is 12.6. The van der Waals surface area contributed by atoms with E-state index in [0.29, 0.717) is 0 Å². The zero-order chi connectivity index (χ0) is 19.0. The van der Waals surface area contributed by atoms with Crippen molar-refractivity contribution in [2.75, 3.05) is 13.1 Å². The lowest BCUT2D eigenvalue weighted by Crippen LogP contribution is -2.37. The number of likely N-dealkylation sites (tertiary alicyclic amines) is 1. The first-order valence-corrected chi connectivity index (χ1v) is 10.7. The molecule has 2 aromatic rings. The minimum Gasteiger partial charge on any atom is -0.339 e. The highest BCUT2D eigenvalue weighted by molar-refractivity contribution is 7.99. The number of aryl methyl sites for hydroxylation is 1. The lowest BCUT2D eigenvalue weighted by atomic mass is 9.98. The molecule has 0 unspecified atom stereocenters. The van der Waals surface area contributed by atoms with Crippen LogP contribution in [0.3, 0.4) is 0 Å². The number of hydrogen-bond donors (Lipinski definition) is 0. The van der Waals surface area contributed by atoms with Crippen molar-refractivity contribution < 1.29 is 4.79 Å². The van der Waals surface area contributed by atoms with Crippen LogP contribution >= 0.6 is 11.8 Å². The Labute approximate surface area is 165 Å². The standard InChI is InChI=1S/C23H26N2OS/c1-4-19-18-13-16(3)5-7-21(18)27-22-8-6-17(14-20(22)24-19)23(26)25-11-9-15(2)10-12-25/h5-8,13-15H,4,9-12H2,1-3H3. The molecule has 2 aromatic carbocycles. The zero-order valence-electron chi connectivity index (χ0n) is 16.3. The van der Waals surface area contributed by atoms with Gasteiger partial charge in [-0.2, -0.15) is 0 Å². The van der Waals surface area contributed by atoms with Crippen molar-refractivity contribution in [1.29, 1.82) is 0 Å². The number of piperidine rings is 1. The number of fused-ring (bicyclic) bond motifs is 2. The van der Waals surface area contributed by atoms with E-state index in [1.54, 1.807) is 11.8 Å². The Bertz CT molecular complexity index is 911. The number of nitrogens with zero attached hydrogens (tertiary/aromatic N) is 2. The maximum absolute atomic E-state index is 13.0. The van der Waals surface area contributed by atoms with E-state index >= 15 is 0 Å². The quantitative estimate of drug-likeness (QED) is 0.655. The van der Waals surface area contributed by atoms with Gasteiger partial charge in [0.25, 0.3) is 5.91 Å². The third-order valence-corrected chi connectivity index (χ3v) is 6.67. The van der Waals surface area contributed by atoms with Crippen LogP contribution in [0.2, 0.25) is 0 Å². The van der Waals surface area contributed by atoms with Gasteiger partial charge in [0, 0.05) is 39.7 Å². The van der Waals surface area contributed by atoms with Gasteiger partial charge in [-0.25, -0.2) is 0 Å². The predicted molar refractivity (Wildman–Crippen MR) is 113 cm³/mol. The van der Waals surface area contributed by atoms with Crippen molar-refractivity contribution in [2.45, 2.75) is 49.8 Å². The van der Waals surface area contributed by atoms with E-state index < -0.39 is 0 Å². The monoisotopic (exact) mass is 378 g/mol. The molecule has 3 nitrogen and oxygen atoms in total. The smallest absolute Gasteiger partial charge is 0.253 e. The summed E-state index contributed by atoms with van der Waals surface area (Å²) in [4.78, 5) is 22.3. The fourth-order valence-corrected chi connectivity index (χ4v) is 4.78. The summed E-state index contributed by atoms with van der Waals surface area (Å²) in [7, 11) is 0. The number of carbonyl (C=O) groups is 1. The van der Waals surface area contributed by atoms with Gasteiger partial charge in [-0.1, -0.05) is 37.2 Å². The summed E-state index contributed by atoms with van der Waals surface area (Å²) in [5.74, 6) is 0.858. The number of amides is 1. The van der Waals surface area contributed by atoms with Gasteiger partial charge in [0.1, 0.15) is 0 Å². The highest BCUT2D eigenvalue weighted by atomic mass is 32.2. The summed E-state index contributed by atoms with van der Waals surface area (Å²) < 4.78 is 0. The molecule has 27 heavy (non-hydrogen) atoms. The second-order valence-electron chi connectivity index (χ2n) is 7.67. The minimum atomic E-state index is 0.139. The Morgan fingerprint density at radius 1 is 1.15 bits per heavy atom. The number of aliphatic imine (C=N–C) groups is 1. The molecule has 0 aromatic heterocycles. The van der Waals surface area contributed by atoms with E-state index in [0.717, 1.165) is 60.1 Å². The van der Waals surface area contributed by atoms with E-state index in [1.165, 1.54) is 16.0 Å². The van der Waals surface area contributed by atoms with Crippen LogP contribution in [0, 0.1) is 12.8 Å². The SMILES string of the molecule is CCC1=Nc2cc(C(=O)N3CCC(C)CC3)ccc2Sc2ccc(C)cc21. The minimum absolute atomic E-state index is 0.139. The van der Waals surface area contributed by atoms with Gasteiger partial charge in [-0.05, 0) is 62.4 Å².